The summed E-state index contributed by atoms with van der Waals surface area (Å²) in [7, 11) is 2.15. The van der Waals surface area contributed by atoms with E-state index >= 15 is 0 Å². The summed E-state index contributed by atoms with van der Waals surface area (Å²) in [6.45, 7) is 2.08. The predicted molar refractivity (Wildman–Crippen MR) is 69.8 cm³/mol. The van der Waals surface area contributed by atoms with Gasteiger partial charge >= 0.3 is 0 Å². The first kappa shape index (κ1) is 13.5. The highest BCUT2D eigenvalue weighted by Crippen LogP contribution is 2.04. The number of rotatable bonds is 8. The lowest BCUT2D eigenvalue weighted by molar-refractivity contribution is 0.313. The second-order valence-electron chi connectivity index (χ2n) is 4.16. The molecule has 0 aliphatic heterocycles. The quantitative estimate of drug-likeness (QED) is 0.512. The maximum atomic E-state index is 5.63. The van der Waals surface area contributed by atoms with Gasteiger partial charge in [0.15, 0.2) is 0 Å². The van der Waals surface area contributed by atoms with E-state index in [0.717, 1.165) is 31.1 Å². The van der Waals surface area contributed by atoms with E-state index in [1.54, 1.807) is 0 Å². The largest absolute Gasteiger partial charge is 0.301 e. The van der Waals surface area contributed by atoms with Gasteiger partial charge in [0, 0.05) is 18.6 Å². The molecule has 1 heterocycles. The molecule has 1 rings (SSSR count). The van der Waals surface area contributed by atoms with Crippen LogP contribution in [0.3, 0.4) is 0 Å². The molecule has 0 saturated carbocycles. The summed E-state index contributed by atoms with van der Waals surface area (Å²) in [5.74, 6) is 0.795. The summed E-state index contributed by atoms with van der Waals surface area (Å²) in [5.41, 5.74) is 1.14. The van der Waals surface area contributed by atoms with Crippen LogP contribution in [0, 0.1) is 0 Å². The highest BCUT2D eigenvalue weighted by molar-refractivity contribution is 6.17. The third-order valence-electron chi connectivity index (χ3n) is 2.58. The lowest BCUT2D eigenvalue weighted by atomic mass is 10.2. The van der Waals surface area contributed by atoms with Gasteiger partial charge in [-0.1, -0.05) is 18.9 Å². The average molecular weight is 241 g/mol. The monoisotopic (exact) mass is 240 g/mol. The van der Waals surface area contributed by atoms with Crippen LogP contribution >= 0.6 is 11.6 Å². The number of hydrogen-bond acceptors (Lipinski definition) is 2. The van der Waals surface area contributed by atoms with Crippen molar-refractivity contribution < 1.29 is 0 Å². The van der Waals surface area contributed by atoms with Gasteiger partial charge in [0.2, 0.25) is 0 Å². The molecule has 0 aromatic carbocycles. The van der Waals surface area contributed by atoms with Crippen molar-refractivity contribution in [1.82, 2.24) is 9.88 Å². The van der Waals surface area contributed by atoms with Crippen molar-refractivity contribution in [3.05, 3.63) is 30.1 Å². The van der Waals surface area contributed by atoms with E-state index in [0.29, 0.717) is 0 Å². The molecule has 1 aromatic rings. The van der Waals surface area contributed by atoms with Crippen molar-refractivity contribution in [2.45, 2.75) is 32.2 Å². The number of pyridine rings is 1. The van der Waals surface area contributed by atoms with Crippen molar-refractivity contribution in [2.24, 2.45) is 0 Å². The molecule has 3 heteroatoms. The minimum Gasteiger partial charge on any atom is -0.301 e. The molecule has 0 unspecified atom stereocenters. The van der Waals surface area contributed by atoms with Gasteiger partial charge in [0.05, 0.1) is 5.69 Å². The highest BCUT2D eigenvalue weighted by atomic mass is 35.5. The van der Waals surface area contributed by atoms with Crippen molar-refractivity contribution in [3.63, 3.8) is 0 Å². The lowest BCUT2D eigenvalue weighted by Crippen LogP contribution is -2.19. The Labute approximate surface area is 104 Å². The van der Waals surface area contributed by atoms with Gasteiger partial charge in [-0.05, 0) is 38.6 Å². The normalized spacial score (nSPS) is 10.9. The van der Waals surface area contributed by atoms with Crippen molar-refractivity contribution in [2.75, 3.05) is 19.5 Å². The maximum Gasteiger partial charge on any atom is 0.0543 e. The van der Waals surface area contributed by atoms with E-state index in [9.17, 15) is 0 Å². The molecule has 0 atom stereocenters. The number of nitrogens with zero attached hydrogens (tertiary/aromatic N) is 2. The number of hydrogen-bond donors (Lipinski definition) is 0. The number of alkyl halides is 1. The highest BCUT2D eigenvalue weighted by Gasteiger charge is 2.00. The number of halogens is 1. The van der Waals surface area contributed by atoms with Gasteiger partial charge in [-0.3, -0.25) is 4.98 Å². The first-order valence-corrected chi connectivity index (χ1v) is 6.51. The lowest BCUT2D eigenvalue weighted by Gasteiger charge is -2.15. The van der Waals surface area contributed by atoms with Gasteiger partial charge in [-0.25, -0.2) is 0 Å². The summed E-state index contributed by atoms with van der Waals surface area (Å²) in [5, 5.41) is 0. The molecule has 0 aliphatic carbocycles. The molecular formula is C13H21ClN2. The SMILES string of the molecule is CN(CCCCCCCl)Cc1ccccn1. The van der Waals surface area contributed by atoms with E-state index in [-0.39, 0.29) is 0 Å². The van der Waals surface area contributed by atoms with E-state index in [1.165, 1.54) is 19.3 Å². The van der Waals surface area contributed by atoms with Crippen LogP contribution in [0.25, 0.3) is 0 Å². The van der Waals surface area contributed by atoms with Gasteiger partial charge in [0.25, 0.3) is 0 Å². The Morgan fingerprint density at radius 3 is 2.69 bits per heavy atom. The van der Waals surface area contributed by atoms with Crippen molar-refractivity contribution >= 4 is 11.6 Å². The summed E-state index contributed by atoms with van der Waals surface area (Å²) in [6.07, 6.45) is 6.77. The van der Waals surface area contributed by atoms with Crippen molar-refractivity contribution in [3.8, 4) is 0 Å². The van der Waals surface area contributed by atoms with Crippen LogP contribution in [0.1, 0.15) is 31.4 Å². The molecule has 2 nitrogen and oxygen atoms in total. The molecule has 0 amide bonds. The fourth-order valence-electron chi connectivity index (χ4n) is 1.68. The van der Waals surface area contributed by atoms with Crippen LogP contribution < -0.4 is 0 Å². The third kappa shape index (κ3) is 6.09. The zero-order chi connectivity index (χ0) is 11.6. The molecule has 0 N–H and O–H groups in total. The molecule has 90 valence electrons. The fourth-order valence-corrected chi connectivity index (χ4v) is 1.87. The predicted octanol–water partition coefficient (Wildman–Crippen LogP) is 3.31. The molecular weight excluding hydrogens is 220 g/mol. The summed E-state index contributed by atoms with van der Waals surface area (Å²) in [4.78, 5) is 6.64. The first-order valence-electron chi connectivity index (χ1n) is 5.97. The van der Waals surface area contributed by atoms with Crippen LogP contribution in [0.2, 0.25) is 0 Å². The molecule has 0 fully saturated rings. The van der Waals surface area contributed by atoms with Crippen LogP contribution in [0.5, 0.6) is 0 Å². The molecule has 16 heavy (non-hydrogen) atoms. The zero-order valence-corrected chi connectivity index (χ0v) is 10.8. The van der Waals surface area contributed by atoms with E-state index in [1.807, 2.05) is 18.3 Å². The Hall–Kier alpha value is -0.600. The third-order valence-corrected chi connectivity index (χ3v) is 2.85. The summed E-state index contributed by atoms with van der Waals surface area (Å²) < 4.78 is 0. The topological polar surface area (TPSA) is 16.1 Å². The Balaban J connectivity index is 2.09. The smallest absolute Gasteiger partial charge is 0.0543 e. The Morgan fingerprint density at radius 1 is 1.19 bits per heavy atom. The molecule has 0 bridgehead atoms. The van der Waals surface area contributed by atoms with Gasteiger partial charge < -0.3 is 4.90 Å². The van der Waals surface area contributed by atoms with Crippen LogP contribution in [-0.2, 0) is 6.54 Å². The van der Waals surface area contributed by atoms with Crippen LogP contribution in [0.4, 0.5) is 0 Å². The molecule has 0 radical (unpaired) electrons. The van der Waals surface area contributed by atoms with Crippen LogP contribution in [-0.4, -0.2) is 29.4 Å². The maximum absolute atomic E-state index is 5.63. The van der Waals surface area contributed by atoms with E-state index in [2.05, 4.69) is 23.0 Å². The Kier molecular flexibility index (Phi) is 7.19. The number of aromatic nitrogens is 1. The van der Waals surface area contributed by atoms with E-state index < -0.39 is 0 Å². The second-order valence-corrected chi connectivity index (χ2v) is 4.54. The first-order chi connectivity index (χ1) is 7.83. The minimum atomic E-state index is 0.795. The molecule has 0 aliphatic rings. The average Bonchev–Trinajstić information content (AvgIpc) is 2.30. The van der Waals surface area contributed by atoms with E-state index in [4.69, 9.17) is 11.6 Å². The molecule has 0 spiro atoms. The molecule has 1 aromatic heterocycles. The summed E-state index contributed by atoms with van der Waals surface area (Å²) in [6, 6.07) is 6.07. The Bertz CT molecular complexity index is 264. The zero-order valence-electron chi connectivity index (χ0n) is 10.0. The Morgan fingerprint density at radius 2 is 2.00 bits per heavy atom. The molecule has 0 saturated heterocycles. The summed E-state index contributed by atoms with van der Waals surface area (Å²) >= 11 is 5.63. The fraction of sp³-hybridized carbons (Fsp3) is 0.615. The number of unbranched alkanes of at least 4 members (excludes halogenated alkanes) is 3. The second kappa shape index (κ2) is 8.54. The van der Waals surface area contributed by atoms with Gasteiger partial charge in [-0.15, -0.1) is 11.6 Å². The standard InChI is InChI=1S/C13H21ClN2/c1-16(11-7-3-2-5-9-14)12-13-8-4-6-10-15-13/h4,6,8,10H,2-3,5,7,9,11-12H2,1H3. The van der Waals surface area contributed by atoms with Gasteiger partial charge in [-0.2, -0.15) is 0 Å². The van der Waals surface area contributed by atoms with Gasteiger partial charge in [0.1, 0.15) is 0 Å². The minimum absolute atomic E-state index is 0.795. The van der Waals surface area contributed by atoms with Crippen molar-refractivity contribution in [1.29, 1.82) is 0 Å². The van der Waals surface area contributed by atoms with Crippen LogP contribution in [0.15, 0.2) is 24.4 Å².